The lowest BCUT2D eigenvalue weighted by molar-refractivity contribution is 0.152. The fourth-order valence-corrected chi connectivity index (χ4v) is 2.91. The van der Waals surface area contributed by atoms with E-state index < -0.39 is 0 Å². The molecule has 3 rings (SSSR count). The molecule has 1 aliphatic rings. The molecular formula is C14H19N3O. The summed E-state index contributed by atoms with van der Waals surface area (Å²) in [5.74, 6) is 0. The van der Waals surface area contributed by atoms with Crippen LogP contribution >= 0.6 is 0 Å². The summed E-state index contributed by atoms with van der Waals surface area (Å²) in [6.45, 7) is 2.16. The van der Waals surface area contributed by atoms with Crippen LogP contribution in [0.15, 0.2) is 24.3 Å². The Morgan fingerprint density at radius 3 is 3.06 bits per heavy atom. The molecule has 2 heterocycles. The Morgan fingerprint density at radius 1 is 1.39 bits per heavy atom. The second-order valence-corrected chi connectivity index (χ2v) is 5.04. The predicted octanol–water partition coefficient (Wildman–Crippen LogP) is 1.53. The van der Waals surface area contributed by atoms with Gasteiger partial charge in [-0.1, -0.05) is 18.2 Å². The van der Waals surface area contributed by atoms with Gasteiger partial charge in [0.2, 0.25) is 0 Å². The standard InChI is InChI=1S/C14H19N3O/c1-16-14-7-3-2-6-12(14)13(15-16)9-17-8-4-5-11(17)10-18/h2-3,6-7,11,18H,4-5,8-10H2,1H3/t11-/m1/s1. The van der Waals surface area contributed by atoms with Crippen LogP contribution in [-0.2, 0) is 13.6 Å². The molecule has 0 radical (unpaired) electrons. The number of likely N-dealkylation sites (tertiary alicyclic amines) is 1. The summed E-state index contributed by atoms with van der Waals surface area (Å²) < 4.78 is 1.94. The zero-order chi connectivity index (χ0) is 12.5. The van der Waals surface area contributed by atoms with E-state index in [2.05, 4.69) is 28.2 Å². The highest BCUT2D eigenvalue weighted by Crippen LogP contribution is 2.23. The fourth-order valence-electron chi connectivity index (χ4n) is 2.91. The number of rotatable bonds is 3. The molecule has 96 valence electrons. The average Bonchev–Trinajstić information content (AvgIpc) is 2.96. The van der Waals surface area contributed by atoms with E-state index in [1.165, 1.54) is 17.3 Å². The van der Waals surface area contributed by atoms with Crippen molar-refractivity contribution in [3.63, 3.8) is 0 Å². The van der Waals surface area contributed by atoms with Crippen molar-refractivity contribution in [2.24, 2.45) is 7.05 Å². The summed E-state index contributed by atoms with van der Waals surface area (Å²) in [6.07, 6.45) is 2.28. The Kier molecular flexibility index (Phi) is 3.06. The Labute approximate surface area is 107 Å². The Bertz CT molecular complexity index is 549. The lowest BCUT2D eigenvalue weighted by Crippen LogP contribution is -2.31. The number of benzene rings is 1. The van der Waals surface area contributed by atoms with Gasteiger partial charge >= 0.3 is 0 Å². The van der Waals surface area contributed by atoms with Crippen molar-refractivity contribution in [2.45, 2.75) is 25.4 Å². The van der Waals surface area contributed by atoms with Crippen molar-refractivity contribution in [2.75, 3.05) is 13.2 Å². The van der Waals surface area contributed by atoms with Crippen molar-refractivity contribution in [1.82, 2.24) is 14.7 Å². The summed E-state index contributed by atoms with van der Waals surface area (Å²) in [5, 5.41) is 15.2. The van der Waals surface area contributed by atoms with Crippen LogP contribution < -0.4 is 0 Å². The largest absolute Gasteiger partial charge is 0.395 e. The van der Waals surface area contributed by atoms with Gasteiger partial charge in [0.1, 0.15) is 0 Å². The molecule has 0 unspecified atom stereocenters. The molecule has 4 nitrogen and oxygen atoms in total. The summed E-state index contributed by atoms with van der Waals surface area (Å²) in [7, 11) is 1.99. The first-order valence-electron chi connectivity index (χ1n) is 6.55. The molecule has 1 aromatic heterocycles. The zero-order valence-electron chi connectivity index (χ0n) is 10.7. The summed E-state index contributed by atoms with van der Waals surface area (Å²) >= 11 is 0. The van der Waals surface area contributed by atoms with Crippen LogP contribution in [0.25, 0.3) is 10.9 Å². The summed E-state index contributed by atoms with van der Waals surface area (Å²) in [4.78, 5) is 2.34. The van der Waals surface area contributed by atoms with E-state index in [9.17, 15) is 5.11 Å². The molecule has 0 spiro atoms. The number of para-hydroxylation sites is 1. The minimum Gasteiger partial charge on any atom is -0.395 e. The minimum absolute atomic E-state index is 0.255. The number of hydrogen-bond acceptors (Lipinski definition) is 3. The Morgan fingerprint density at radius 2 is 2.22 bits per heavy atom. The van der Waals surface area contributed by atoms with Gasteiger partial charge in [0.15, 0.2) is 0 Å². The van der Waals surface area contributed by atoms with Crippen LogP contribution in [0.5, 0.6) is 0 Å². The van der Waals surface area contributed by atoms with E-state index in [1.807, 2.05) is 17.8 Å². The Balaban J connectivity index is 1.91. The second kappa shape index (κ2) is 4.71. The molecule has 1 saturated heterocycles. The number of nitrogens with zero attached hydrogens (tertiary/aromatic N) is 3. The van der Waals surface area contributed by atoms with Gasteiger partial charge in [-0.25, -0.2) is 0 Å². The van der Waals surface area contributed by atoms with E-state index in [0.29, 0.717) is 6.04 Å². The average molecular weight is 245 g/mol. The molecule has 1 atom stereocenters. The van der Waals surface area contributed by atoms with E-state index in [1.54, 1.807) is 0 Å². The molecule has 1 N–H and O–H groups in total. The van der Waals surface area contributed by atoms with Gasteiger partial charge in [-0.3, -0.25) is 9.58 Å². The molecule has 18 heavy (non-hydrogen) atoms. The minimum atomic E-state index is 0.255. The number of aryl methyl sites for hydroxylation is 1. The van der Waals surface area contributed by atoms with E-state index >= 15 is 0 Å². The molecule has 0 aliphatic carbocycles. The van der Waals surface area contributed by atoms with Crippen molar-refractivity contribution >= 4 is 10.9 Å². The summed E-state index contributed by atoms with van der Waals surface area (Å²) in [5.41, 5.74) is 2.29. The van der Waals surface area contributed by atoms with Crippen LogP contribution in [0, 0.1) is 0 Å². The van der Waals surface area contributed by atoms with Gasteiger partial charge in [-0.15, -0.1) is 0 Å². The smallest absolute Gasteiger partial charge is 0.0843 e. The van der Waals surface area contributed by atoms with Crippen LogP contribution in [0.4, 0.5) is 0 Å². The van der Waals surface area contributed by atoms with Crippen molar-refractivity contribution in [3.05, 3.63) is 30.0 Å². The third-order valence-electron chi connectivity index (χ3n) is 3.90. The lowest BCUT2D eigenvalue weighted by Gasteiger charge is -2.21. The highest BCUT2D eigenvalue weighted by molar-refractivity contribution is 5.81. The first kappa shape index (κ1) is 11.7. The Hall–Kier alpha value is -1.39. The maximum atomic E-state index is 9.37. The number of aliphatic hydroxyl groups excluding tert-OH is 1. The van der Waals surface area contributed by atoms with Gasteiger partial charge in [0.05, 0.1) is 17.8 Å². The molecule has 1 aromatic carbocycles. The highest BCUT2D eigenvalue weighted by atomic mass is 16.3. The molecule has 2 aromatic rings. The van der Waals surface area contributed by atoms with Crippen LogP contribution in [0.2, 0.25) is 0 Å². The molecule has 0 bridgehead atoms. The van der Waals surface area contributed by atoms with Gasteiger partial charge < -0.3 is 5.11 Å². The quantitative estimate of drug-likeness (QED) is 0.891. The van der Waals surface area contributed by atoms with Crippen LogP contribution in [0.3, 0.4) is 0 Å². The summed E-state index contributed by atoms with van der Waals surface area (Å²) in [6, 6.07) is 8.63. The van der Waals surface area contributed by atoms with Gasteiger partial charge in [0.25, 0.3) is 0 Å². The number of hydrogen-bond donors (Lipinski definition) is 1. The van der Waals surface area contributed by atoms with Crippen molar-refractivity contribution in [1.29, 1.82) is 0 Å². The number of aromatic nitrogens is 2. The topological polar surface area (TPSA) is 41.3 Å². The van der Waals surface area contributed by atoms with Crippen molar-refractivity contribution < 1.29 is 5.11 Å². The maximum absolute atomic E-state index is 9.37. The molecule has 1 fully saturated rings. The predicted molar refractivity (Wildman–Crippen MR) is 71.2 cm³/mol. The third-order valence-corrected chi connectivity index (χ3v) is 3.90. The normalized spacial score (nSPS) is 20.9. The van der Waals surface area contributed by atoms with Gasteiger partial charge in [-0.2, -0.15) is 5.10 Å². The highest BCUT2D eigenvalue weighted by Gasteiger charge is 2.25. The lowest BCUT2D eigenvalue weighted by atomic mass is 10.2. The van der Waals surface area contributed by atoms with Crippen molar-refractivity contribution in [3.8, 4) is 0 Å². The SMILES string of the molecule is Cn1nc(CN2CCC[C@@H]2CO)c2ccccc21. The maximum Gasteiger partial charge on any atom is 0.0843 e. The number of fused-ring (bicyclic) bond motifs is 1. The molecule has 1 aliphatic heterocycles. The zero-order valence-corrected chi connectivity index (χ0v) is 10.7. The van der Waals surface area contributed by atoms with E-state index in [4.69, 9.17) is 0 Å². The van der Waals surface area contributed by atoms with Crippen LogP contribution in [0.1, 0.15) is 18.5 Å². The fraction of sp³-hybridized carbons (Fsp3) is 0.500. The van der Waals surface area contributed by atoms with Gasteiger partial charge in [-0.05, 0) is 25.5 Å². The van der Waals surface area contributed by atoms with E-state index in [-0.39, 0.29) is 6.61 Å². The molecular weight excluding hydrogens is 226 g/mol. The molecule has 4 heteroatoms. The van der Waals surface area contributed by atoms with E-state index in [0.717, 1.165) is 25.2 Å². The molecule has 0 amide bonds. The second-order valence-electron chi connectivity index (χ2n) is 5.04. The van der Waals surface area contributed by atoms with Crippen LogP contribution in [-0.4, -0.2) is 39.0 Å². The first-order chi connectivity index (χ1) is 8.79. The molecule has 0 saturated carbocycles. The van der Waals surface area contributed by atoms with Gasteiger partial charge in [0, 0.05) is 25.0 Å². The number of aliphatic hydroxyl groups is 1. The monoisotopic (exact) mass is 245 g/mol. The first-order valence-corrected chi connectivity index (χ1v) is 6.55. The third kappa shape index (κ3) is 1.91.